The molecular weight excluding hydrogens is 310 g/mol. The quantitative estimate of drug-likeness (QED) is 0.685. The van der Waals surface area contributed by atoms with Crippen molar-refractivity contribution < 1.29 is 4.79 Å². The minimum atomic E-state index is -0.0456. The molecule has 1 aromatic heterocycles. The van der Waals surface area contributed by atoms with Gasteiger partial charge in [0.25, 0.3) is 5.91 Å². The number of rotatable bonds is 3. The second kappa shape index (κ2) is 5.88. The van der Waals surface area contributed by atoms with Crippen LogP contribution < -0.4 is 0 Å². The van der Waals surface area contributed by atoms with Crippen molar-refractivity contribution in [3.63, 3.8) is 0 Å². The molecule has 1 aliphatic heterocycles. The van der Waals surface area contributed by atoms with Gasteiger partial charge >= 0.3 is 0 Å². The van der Waals surface area contributed by atoms with Gasteiger partial charge in [-0.2, -0.15) is 5.26 Å². The highest BCUT2D eigenvalue weighted by atomic mass is 16.2. The molecule has 3 aromatic rings. The van der Waals surface area contributed by atoms with Gasteiger partial charge in [-0.25, -0.2) is 0 Å². The van der Waals surface area contributed by atoms with E-state index in [9.17, 15) is 4.79 Å². The van der Waals surface area contributed by atoms with Crippen LogP contribution in [0.2, 0.25) is 0 Å². The lowest BCUT2D eigenvalue weighted by atomic mass is 9.96. The van der Waals surface area contributed by atoms with Crippen LogP contribution in [0.5, 0.6) is 0 Å². The van der Waals surface area contributed by atoms with Crippen LogP contribution in [-0.4, -0.2) is 22.3 Å². The average molecular weight is 325 g/mol. The van der Waals surface area contributed by atoms with E-state index in [0.29, 0.717) is 17.7 Å². The third-order valence-electron chi connectivity index (χ3n) is 4.50. The zero-order valence-corrected chi connectivity index (χ0v) is 13.6. The fraction of sp³-hybridized carbons (Fsp3) is 0.0952. The predicted molar refractivity (Wildman–Crippen MR) is 96.7 cm³/mol. The summed E-state index contributed by atoms with van der Waals surface area (Å²) >= 11 is 0. The maximum absolute atomic E-state index is 12.6. The Morgan fingerprint density at radius 1 is 1.20 bits per heavy atom. The third kappa shape index (κ3) is 2.56. The monoisotopic (exact) mass is 325 g/mol. The molecular formula is C21H15N3O. The Labute approximate surface area is 145 Å². The fourth-order valence-corrected chi connectivity index (χ4v) is 3.30. The molecule has 1 aliphatic rings. The Balaban J connectivity index is 1.77. The topological polar surface area (TPSA) is 57.0 Å². The molecule has 120 valence electrons. The van der Waals surface area contributed by atoms with Crippen molar-refractivity contribution in [3.05, 3.63) is 78.0 Å². The number of aromatic nitrogens is 1. The molecule has 0 saturated heterocycles. The molecule has 2 heterocycles. The Morgan fingerprint density at radius 3 is 2.88 bits per heavy atom. The summed E-state index contributed by atoms with van der Waals surface area (Å²) in [6, 6.07) is 17.9. The molecule has 0 unspecified atom stereocenters. The number of fused-ring (bicyclic) bond motifs is 2. The average Bonchev–Trinajstić information content (AvgIpc) is 2.97. The highest BCUT2D eigenvalue weighted by Gasteiger charge is 2.29. The molecule has 4 rings (SSSR count). The standard InChI is InChI=1S/C21H15N3O/c1-14(11-22)12-24-13-19-17(5-2-6-18(19)21(24)25)15-7-8-20-16(10-15)4-3-9-23-20/h2-10H,1,12-13H2. The molecule has 0 N–H and O–H groups in total. The van der Waals surface area contributed by atoms with E-state index in [1.807, 2.05) is 48.5 Å². The number of nitriles is 1. The first-order valence-corrected chi connectivity index (χ1v) is 8.01. The lowest BCUT2D eigenvalue weighted by Gasteiger charge is -2.14. The number of benzene rings is 2. The number of nitrogens with zero attached hydrogens (tertiary/aromatic N) is 3. The van der Waals surface area contributed by atoms with Crippen LogP contribution in [0.4, 0.5) is 0 Å². The third-order valence-corrected chi connectivity index (χ3v) is 4.50. The Morgan fingerprint density at radius 2 is 2.04 bits per heavy atom. The zero-order valence-electron chi connectivity index (χ0n) is 13.6. The van der Waals surface area contributed by atoms with E-state index in [4.69, 9.17) is 5.26 Å². The first-order valence-electron chi connectivity index (χ1n) is 8.01. The maximum atomic E-state index is 12.6. The van der Waals surface area contributed by atoms with Crippen LogP contribution in [0.15, 0.2) is 66.9 Å². The second-order valence-corrected chi connectivity index (χ2v) is 6.12. The Kier molecular flexibility index (Phi) is 3.55. The highest BCUT2D eigenvalue weighted by molar-refractivity contribution is 6.01. The molecule has 0 radical (unpaired) electrons. The van der Waals surface area contributed by atoms with Gasteiger partial charge in [0.15, 0.2) is 0 Å². The summed E-state index contributed by atoms with van der Waals surface area (Å²) in [6.45, 7) is 4.45. The number of carbonyl (C=O) groups is 1. The molecule has 25 heavy (non-hydrogen) atoms. The van der Waals surface area contributed by atoms with E-state index < -0.39 is 0 Å². The molecule has 0 aliphatic carbocycles. The van der Waals surface area contributed by atoms with Gasteiger partial charge in [-0.3, -0.25) is 9.78 Å². The van der Waals surface area contributed by atoms with Gasteiger partial charge < -0.3 is 4.90 Å². The van der Waals surface area contributed by atoms with E-state index in [0.717, 1.165) is 27.6 Å². The second-order valence-electron chi connectivity index (χ2n) is 6.12. The molecule has 0 atom stereocenters. The van der Waals surface area contributed by atoms with Crippen molar-refractivity contribution in [2.45, 2.75) is 6.54 Å². The number of pyridine rings is 1. The summed E-state index contributed by atoms with van der Waals surface area (Å²) in [4.78, 5) is 18.6. The van der Waals surface area contributed by atoms with Crippen molar-refractivity contribution in [3.8, 4) is 17.2 Å². The summed E-state index contributed by atoms with van der Waals surface area (Å²) in [7, 11) is 0. The van der Waals surface area contributed by atoms with Gasteiger partial charge in [0.1, 0.15) is 0 Å². The normalized spacial score (nSPS) is 12.9. The van der Waals surface area contributed by atoms with Gasteiger partial charge in [0.2, 0.25) is 0 Å². The lowest BCUT2D eigenvalue weighted by molar-refractivity contribution is 0.0794. The van der Waals surface area contributed by atoms with Crippen molar-refractivity contribution in [1.29, 1.82) is 5.26 Å². The van der Waals surface area contributed by atoms with Gasteiger partial charge in [-0.05, 0) is 41.0 Å². The molecule has 0 spiro atoms. The summed E-state index contributed by atoms with van der Waals surface area (Å²) in [5, 5.41) is 10.0. The molecule has 2 aromatic carbocycles. The SMILES string of the molecule is C=C(C#N)CN1Cc2c(cccc2-c2ccc3ncccc3c2)C1=O. The van der Waals surface area contributed by atoms with E-state index in [1.54, 1.807) is 11.1 Å². The fourth-order valence-electron chi connectivity index (χ4n) is 3.30. The molecule has 0 fully saturated rings. The van der Waals surface area contributed by atoms with Crippen molar-refractivity contribution in [2.24, 2.45) is 0 Å². The molecule has 1 amide bonds. The van der Waals surface area contributed by atoms with Gasteiger partial charge in [0, 0.05) is 29.3 Å². The molecule has 0 bridgehead atoms. The molecule has 4 nitrogen and oxygen atoms in total. The van der Waals surface area contributed by atoms with E-state index in [1.165, 1.54) is 0 Å². The van der Waals surface area contributed by atoms with Crippen molar-refractivity contribution in [2.75, 3.05) is 6.54 Å². The van der Waals surface area contributed by atoms with Crippen LogP contribution in [-0.2, 0) is 6.54 Å². The van der Waals surface area contributed by atoms with Crippen LogP contribution in [0.3, 0.4) is 0 Å². The van der Waals surface area contributed by atoms with Crippen LogP contribution in [0.25, 0.3) is 22.0 Å². The van der Waals surface area contributed by atoms with E-state index in [-0.39, 0.29) is 12.5 Å². The number of carbonyl (C=O) groups excluding carboxylic acids is 1. The summed E-state index contributed by atoms with van der Waals surface area (Å²) < 4.78 is 0. The van der Waals surface area contributed by atoms with Crippen LogP contribution in [0.1, 0.15) is 15.9 Å². The van der Waals surface area contributed by atoms with Gasteiger partial charge in [0.05, 0.1) is 18.1 Å². The molecule has 0 saturated carbocycles. The summed E-state index contributed by atoms with van der Waals surface area (Å²) in [5.41, 5.74) is 5.14. The number of amides is 1. The summed E-state index contributed by atoms with van der Waals surface area (Å²) in [5.74, 6) is -0.0456. The van der Waals surface area contributed by atoms with Crippen LogP contribution >= 0.6 is 0 Å². The minimum Gasteiger partial charge on any atom is -0.329 e. The van der Waals surface area contributed by atoms with Gasteiger partial charge in [-0.1, -0.05) is 30.8 Å². The number of hydrogen-bond acceptors (Lipinski definition) is 3. The first kappa shape index (κ1) is 15.1. The van der Waals surface area contributed by atoms with Gasteiger partial charge in [-0.15, -0.1) is 0 Å². The van der Waals surface area contributed by atoms with Crippen molar-refractivity contribution >= 4 is 16.8 Å². The largest absolute Gasteiger partial charge is 0.329 e. The van der Waals surface area contributed by atoms with E-state index in [2.05, 4.69) is 17.6 Å². The van der Waals surface area contributed by atoms with E-state index >= 15 is 0 Å². The number of hydrogen-bond donors (Lipinski definition) is 0. The summed E-state index contributed by atoms with van der Waals surface area (Å²) in [6.07, 6.45) is 1.78. The van der Waals surface area contributed by atoms with Crippen LogP contribution in [0, 0.1) is 11.3 Å². The minimum absolute atomic E-state index is 0.0456. The first-order chi connectivity index (χ1) is 12.2. The highest BCUT2D eigenvalue weighted by Crippen LogP contribution is 2.34. The maximum Gasteiger partial charge on any atom is 0.254 e. The smallest absolute Gasteiger partial charge is 0.254 e. The Hall–Kier alpha value is -3.45. The lowest BCUT2D eigenvalue weighted by Crippen LogP contribution is -2.25. The van der Waals surface area contributed by atoms with Crippen molar-refractivity contribution in [1.82, 2.24) is 9.88 Å². The zero-order chi connectivity index (χ0) is 17.4. The molecule has 4 heteroatoms. The predicted octanol–water partition coefficient (Wildman–Crippen LogP) is 3.94. The Bertz CT molecular complexity index is 1060.